The van der Waals surface area contributed by atoms with Gasteiger partial charge in [0.1, 0.15) is 5.75 Å². The van der Waals surface area contributed by atoms with Gasteiger partial charge in [0.25, 0.3) is 0 Å². The highest BCUT2D eigenvalue weighted by Crippen LogP contribution is 2.30. The molecule has 0 saturated carbocycles. The van der Waals surface area contributed by atoms with E-state index in [1.165, 1.54) is 6.20 Å². The predicted molar refractivity (Wildman–Crippen MR) is 107 cm³/mol. The van der Waals surface area contributed by atoms with Crippen molar-refractivity contribution in [3.05, 3.63) is 60.8 Å². The Morgan fingerprint density at radius 2 is 1.82 bits per heavy atom. The number of anilines is 3. The van der Waals surface area contributed by atoms with Gasteiger partial charge in [0, 0.05) is 6.04 Å². The fraction of sp³-hybridized carbons (Fsp3) is 0.211. The number of para-hydroxylation sites is 3. The van der Waals surface area contributed by atoms with Crippen LogP contribution in [-0.4, -0.2) is 41.1 Å². The Hall–Kier alpha value is -3.20. The maximum absolute atomic E-state index is 11.6. The number of aromatic nitrogens is 3. The Kier molecular flexibility index (Phi) is 5.07. The summed E-state index contributed by atoms with van der Waals surface area (Å²) in [6.45, 7) is 0. The van der Waals surface area contributed by atoms with Crippen LogP contribution < -0.4 is 15.4 Å². The first-order valence-corrected chi connectivity index (χ1v) is 10.7. The zero-order chi connectivity index (χ0) is 19.4. The number of hydrogen-bond acceptors (Lipinski definition) is 8. The normalized spacial score (nSPS) is 17.8. The standard InChI is InChI=1S/C19H19N5O3S/c25-28(26)11-10-14(13-28)21-18-12-20-24-19(23-18)22-16-8-4-5-9-17(16)27-15-6-2-1-3-7-15/h1-9,12,14H,10-11,13H2,(H2,21,22,23,24). The van der Waals surface area contributed by atoms with Crippen molar-refractivity contribution in [1.82, 2.24) is 15.2 Å². The van der Waals surface area contributed by atoms with Gasteiger partial charge in [-0.3, -0.25) is 0 Å². The fourth-order valence-corrected chi connectivity index (χ4v) is 4.61. The SMILES string of the molecule is O=S1(=O)CCC(Nc2cnnc(Nc3ccccc3Oc3ccccc3)n2)C1. The average Bonchev–Trinajstić information content (AvgIpc) is 3.03. The smallest absolute Gasteiger partial charge is 0.249 e. The summed E-state index contributed by atoms with van der Waals surface area (Å²) in [5, 5.41) is 14.2. The quantitative estimate of drug-likeness (QED) is 0.654. The molecule has 28 heavy (non-hydrogen) atoms. The fourth-order valence-electron chi connectivity index (χ4n) is 2.94. The summed E-state index contributed by atoms with van der Waals surface area (Å²) in [4.78, 5) is 4.38. The van der Waals surface area contributed by atoms with Crippen LogP contribution in [0.15, 0.2) is 60.8 Å². The van der Waals surface area contributed by atoms with Crippen LogP contribution in [0.4, 0.5) is 17.5 Å². The molecule has 1 aliphatic heterocycles. The molecule has 1 fully saturated rings. The van der Waals surface area contributed by atoms with Gasteiger partial charge < -0.3 is 15.4 Å². The van der Waals surface area contributed by atoms with Crippen LogP contribution in [0.1, 0.15) is 6.42 Å². The first-order chi connectivity index (χ1) is 13.6. The summed E-state index contributed by atoms with van der Waals surface area (Å²) in [5.41, 5.74) is 0.689. The molecule has 2 heterocycles. The second kappa shape index (κ2) is 7.81. The Morgan fingerprint density at radius 1 is 1.04 bits per heavy atom. The van der Waals surface area contributed by atoms with E-state index in [0.717, 1.165) is 0 Å². The molecule has 0 aliphatic carbocycles. The minimum absolute atomic E-state index is 0.105. The lowest BCUT2D eigenvalue weighted by molar-refractivity contribution is 0.485. The minimum Gasteiger partial charge on any atom is -0.455 e. The first-order valence-electron chi connectivity index (χ1n) is 8.83. The third kappa shape index (κ3) is 4.55. The van der Waals surface area contributed by atoms with Gasteiger partial charge in [-0.15, -0.1) is 5.10 Å². The molecule has 0 spiro atoms. The summed E-state index contributed by atoms with van der Waals surface area (Å²) >= 11 is 0. The van der Waals surface area contributed by atoms with Crippen LogP contribution in [0.5, 0.6) is 11.5 Å². The highest BCUT2D eigenvalue weighted by molar-refractivity contribution is 7.91. The van der Waals surface area contributed by atoms with Crippen molar-refractivity contribution in [2.45, 2.75) is 12.5 Å². The van der Waals surface area contributed by atoms with Crippen LogP contribution in [-0.2, 0) is 9.84 Å². The number of nitrogens with one attached hydrogen (secondary N) is 2. The van der Waals surface area contributed by atoms with Gasteiger partial charge in [0.15, 0.2) is 21.4 Å². The molecule has 2 aromatic carbocycles. The molecule has 1 atom stereocenters. The second-order valence-corrected chi connectivity index (χ2v) is 8.67. The van der Waals surface area contributed by atoms with Gasteiger partial charge in [-0.2, -0.15) is 10.1 Å². The van der Waals surface area contributed by atoms with Gasteiger partial charge in [-0.05, 0) is 30.7 Å². The predicted octanol–water partition coefficient (Wildman–Crippen LogP) is 3.01. The zero-order valence-corrected chi connectivity index (χ0v) is 15.8. The number of nitrogens with zero attached hydrogens (tertiary/aromatic N) is 3. The molecule has 1 saturated heterocycles. The highest BCUT2D eigenvalue weighted by Gasteiger charge is 2.28. The average molecular weight is 397 g/mol. The lowest BCUT2D eigenvalue weighted by Gasteiger charge is -2.13. The van der Waals surface area contributed by atoms with Crippen molar-refractivity contribution < 1.29 is 13.2 Å². The molecule has 4 rings (SSSR count). The molecule has 8 nitrogen and oxygen atoms in total. The van der Waals surface area contributed by atoms with Crippen LogP contribution >= 0.6 is 0 Å². The van der Waals surface area contributed by atoms with E-state index in [1.807, 2.05) is 54.6 Å². The molecular formula is C19H19N5O3S. The summed E-state index contributed by atoms with van der Waals surface area (Å²) in [7, 11) is -2.97. The van der Waals surface area contributed by atoms with Gasteiger partial charge in [0.2, 0.25) is 5.95 Å². The van der Waals surface area contributed by atoms with E-state index in [9.17, 15) is 8.42 Å². The molecule has 0 radical (unpaired) electrons. The van der Waals surface area contributed by atoms with Crippen LogP contribution in [0.2, 0.25) is 0 Å². The number of ether oxygens (including phenoxy) is 1. The van der Waals surface area contributed by atoms with Crippen molar-refractivity contribution in [2.75, 3.05) is 22.1 Å². The zero-order valence-electron chi connectivity index (χ0n) is 14.9. The lowest BCUT2D eigenvalue weighted by atomic mass is 10.3. The number of hydrogen-bond donors (Lipinski definition) is 2. The van der Waals surface area contributed by atoms with Crippen LogP contribution in [0.25, 0.3) is 0 Å². The summed E-state index contributed by atoms with van der Waals surface area (Å²) < 4.78 is 29.1. The highest BCUT2D eigenvalue weighted by atomic mass is 32.2. The number of sulfone groups is 1. The molecule has 9 heteroatoms. The number of benzene rings is 2. The topological polar surface area (TPSA) is 106 Å². The molecule has 2 N–H and O–H groups in total. The van der Waals surface area contributed by atoms with E-state index in [1.54, 1.807) is 0 Å². The molecule has 1 aliphatic rings. The van der Waals surface area contributed by atoms with E-state index >= 15 is 0 Å². The summed E-state index contributed by atoms with van der Waals surface area (Å²) in [6, 6.07) is 16.7. The Morgan fingerprint density at radius 3 is 2.61 bits per heavy atom. The van der Waals surface area contributed by atoms with Crippen molar-refractivity contribution >= 4 is 27.3 Å². The minimum atomic E-state index is -2.97. The van der Waals surface area contributed by atoms with Crippen LogP contribution in [0, 0.1) is 0 Å². The summed E-state index contributed by atoms with van der Waals surface area (Å²) in [6.07, 6.45) is 2.03. The molecule has 1 unspecified atom stereocenters. The number of rotatable bonds is 6. The third-order valence-electron chi connectivity index (χ3n) is 4.25. The second-order valence-electron chi connectivity index (χ2n) is 6.45. The first kappa shape index (κ1) is 18.2. The van der Waals surface area contributed by atoms with Crippen molar-refractivity contribution in [1.29, 1.82) is 0 Å². The van der Waals surface area contributed by atoms with Crippen molar-refractivity contribution in [3.8, 4) is 11.5 Å². The Labute approximate surface area is 162 Å². The van der Waals surface area contributed by atoms with E-state index in [2.05, 4.69) is 25.8 Å². The molecule has 144 valence electrons. The molecule has 0 bridgehead atoms. The van der Waals surface area contributed by atoms with Crippen molar-refractivity contribution in [3.63, 3.8) is 0 Å². The van der Waals surface area contributed by atoms with E-state index in [0.29, 0.717) is 29.4 Å². The molecule has 0 amide bonds. The third-order valence-corrected chi connectivity index (χ3v) is 6.02. The van der Waals surface area contributed by atoms with E-state index in [-0.39, 0.29) is 23.5 Å². The van der Waals surface area contributed by atoms with Crippen molar-refractivity contribution in [2.24, 2.45) is 0 Å². The Bertz CT molecular complexity index is 1060. The monoisotopic (exact) mass is 397 g/mol. The summed E-state index contributed by atoms with van der Waals surface area (Å²) in [5.74, 6) is 2.40. The maximum atomic E-state index is 11.6. The van der Waals surface area contributed by atoms with Gasteiger partial charge >= 0.3 is 0 Å². The maximum Gasteiger partial charge on any atom is 0.249 e. The van der Waals surface area contributed by atoms with Gasteiger partial charge in [0.05, 0.1) is 23.4 Å². The Balaban J connectivity index is 1.49. The van der Waals surface area contributed by atoms with E-state index in [4.69, 9.17) is 4.74 Å². The molecular weight excluding hydrogens is 378 g/mol. The van der Waals surface area contributed by atoms with Crippen LogP contribution in [0.3, 0.4) is 0 Å². The van der Waals surface area contributed by atoms with Gasteiger partial charge in [-0.1, -0.05) is 30.3 Å². The lowest BCUT2D eigenvalue weighted by Crippen LogP contribution is -2.21. The molecule has 3 aromatic rings. The van der Waals surface area contributed by atoms with E-state index < -0.39 is 9.84 Å². The molecule has 1 aromatic heterocycles. The largest absolute Gasteiger partial charge is 0.455 e. The van der Waals surface area contributed by atoms with Gasteiger partial charge in [-0.25, -0.2) is 8.42 Å².